The van der Waals surface area contributed by atoms with E-state index in [4.69, 9.17) is 47.0 Å². The Labute approximate surface area is 179 Å². The lowest BCUT2D eigenvalue weighted by Gasteiger charge is -2.27. The fraction of sp³-hybridized carbons (Fsp3) is 0.133. The van der Waals surface area contributed by atoms with Crippen LogP contribution in [0.2, 0.25) is 0 Å². The molecule has 1 aromatic heterocycles. The molecule has 1 heterocycles. The molecule has 0 aliphatic rings. The summed E-state index contributed by atoms with van der Waals surface area (Å²) in [4.78, 5) is 16.4. The molecule has 1 atom stereocenters. The molecule has 0 saturated carbocycles. The quantitative estimate of drug-likeness (QED) is 0.241. The van der Waals surface area contributed by atoms with Gasteiger partial charge in [-0.2, -0.15) is 0 Å². The molecule has 0 saturated heterocycles. The molecule has 3 N–H and O–H groups in total. The maximum absolute atomic E-state index is 12.3. The van der Waals surface area contributed by atoms with E-state index >= 15 is 0 Å². The molecular weight excluding hydrogens is 518 g/mol. The van der Waals surface area contributed by atoms with Crippen molar-refractivity contribution in [3.8, 4) is 0 Å². The molecule has 0 spiro atoms. The molecule has 0 aliphatic heterocycles. The summed E-state index contributed by atoms with van der Waals surface area (Å²) in [7, 11) is 0. The van der Waals surface area contributed by atoms with Crippen molar-refractivity contribution in [1.29, 1.82) is 0 Å². The van der Waals surface area contributed by atoms with Crippen molar-refractivity contribution >= 4 is 86.4 Å². The van der Waals surface area contributed by atoms with Crippen molar-refractivity contribution in [3.05, 3.63) is 57.8 Å². The molecule has 0 aliphatic carbocycles. The highest BCUT2D eigenvalue weighted by atomic mass is 127. The molecule has 10 heteroatoms. The van der Waals surface area contributed by atoms with Gasteiger partial charge in [0.1, 0.15) is 12.0 Å². The van der Waals surface area contributed by atoms with Gasteiger partial charge >= 0.3 is 0 Å². The Morgan fingerprint density at radius 1 is 1.12 bits per heavy atom. The fourth-order valence-corrected chi connectivity index (χ4v) is 2.64. The van der Waals surface area contributed by atoms with Crippen molar-refractivity contribution in [2.45, 2.75) is 9.96 Å². The zero-order chi connectivity index (χ0) is 18.4. The van der Waals surface area contributed by atoms with Gasteiger partial charge in [-0.1, -0.05) is 40.9 Å². The van der Waals surface area contributed by atoms with Gasteiger partial charge in [-0.15, -0.1) is 0 Å². The Kier molecular flexibility index (Phi) is 7.51. The van der Waals surface area contributed by atoms with Crippen LogP contribution >= 0.6 is 69.6 Å². The number of anilines is 1. The maximum Gasteiger partial charge on any atom is 0.252 e. The van der Waals surface area contributed by atoms with Crippen molar-refractivity contribution in [1.82, 2.24) is 15.6 Å². The number of alkyl halides is 3. The Morgan fingerprint density at radius 3 is 2.36 bits per heavy atom. The molecular formula is C15H12Cl3IN4OS. The standard InChI is InChI=1S/C15H12Cl3IN4OS/c16-15(17,18)13(22-12(24)9-4-6-10(19)7-5-9)23-14(25)21-11-3-1-2-8-20-11/h1-8,13H,(H,22,24)(H2,20,21,23,25)/t13-/m0/s1. The number of halogens is 4. The highest BCUT2D eigenvalue weighted by Crippen LogP contribution is 2.29. The lowest BCUT2D eigenvalue weighted by Crippen LogP contribution is -2.56. The number of rotatable bonds is 4. The van der Waals surface area contributed by atoms with Gasteiger partial charge < -0.3 is 16.0 Å². The molecule has 1 aromatic carbocycles. The SMILES string of the molecule is O=C(N[C@@H](NC(=S)Nc1ccccn1)C(Cl)(Cl)Cl)c1ccc(I)cc1. The van der Waals surface area contributed by atoms with Gasteiger partial charge in [0.05, 0.1) is 0 Å². The second-order valence-electron chi connectivity index (χ2n) is 4.77. The number of aromatic nitrogens is 1. The Balaban J connectivity index is 2.04. The molecule has 0 fully saturated rings. The molecule has 0 unspecified atom stereocenters. The van der Waals surface area contributed by atoms with E-state index in [2.05, 4.69) is 43.5 Å². The average Bonchev–Trinajstić information content (AvgIpc) is 2.54. The minimum absolute atomic E-state index is 0.151. The minimum atomic E-state index is -1.82. The van der Waals surface area contributed by atoms with Crippen LogP contribution in [0.25, 0.3) is 0 Å². The van der Waals surface area contributed by atoms with Crippen molar-refractivity contribution in [2.24, 2.45) is 0 Å². The summed E-state index contributed by atoms with van der Waals surface area (Å²) in [6.45, 7) is 0. The summed E-state index contributed by atoms with van der Waals surface area (Å²) >= 11 is 25.2. The van der Waals surface area contributed by atoms with Crippen molar-refractivity contribution in [2.75, 3.05) is 5.32 Å². The molecule has 0 bridgehead atoms. The van der Waals surface area contributed by atoms with Gasteiger partial charge in [0.25, 0.3) is 5.91 Å². The summed E-state index contributed by atoms with van der Waals surface area (Å²) in [5.74, 6) is 0.118. The van der Waals surface area contributed by atoms with Crippen LogP contribution < -0.4 is 16.0 Å². The number of carbonyl (C=O) groups excluding carboxylic acids is 1. The number of nitrogens with one attached hydrogen (secondary N) is 3. The Morgan fingerprint density at radius 2 is 1.80 bits per heavy atom. The lowest BCUT2D eigenvalue weighted by molar-refractivity contribution is 0.0934. The predicted octanol–water partition coefficient (Wildman–Crippen LogP) is 4.10. The second kappa shape index (κ2) is 9.18. The summed E-state index contributed by atoms with van der Waals surface area (Å²) in [5, 5.41) is 8.38. The third-order valence-corrected chi connectivity index (χ3v) is 4.48. The normalized spacial score (nSPS) is 12.2. The van der Waals surface area contributed by atoms with E-state index < -0.39 is 15.9 Å². The second-order valence-corrected chi connectivity index (χ2v) is 8.79. The topological polar surface area (TPSA) is 66.1 Å². The van der Waals surface area contributed by atoms with Crippen LogP contribution in [0.5, 0.6) is 0 Å². The number of thiocarbonyl (C=S) groups is 1. The van der Waals surface area contributed by atoms with E-state index in [1.54, 1.807) is 48.7 Å². The first-order valence-corrected chi connectivity index (χ1v) is 9.49. The van der Waals surface area contributed by atoms with Crippen LogP contribution in [0.1, 0.15) is 10.4 Å². The highest BCUT2D eigenvalue weighted by Gasteiger charge is 2.34. The van der Waals surface area contributed by atoms with Gasteiger partial charge in [-0.3, -0.25) is 4.79 Å². The third kappa shape index (κ3) is 6.74. The highest BCUT2D eigenvalue weighted by molar-refractivity contribution is 14.1. The van der Waals surface area contributed by atoms with Gasteiger partial charge in [-0.05, 0) is 71.2 Å². The summed E-state index contributed by atoms with van der Waals surface area (Å²) in [5.41, 5.74) is 0.435. The minimum Gasteiger partial charge on any atom is -0.339 e. The number of hydrogen-bond acceptors (Lipinski definition) is 3. The monoisotopic (exact) mass is 528 g/mol. The van der Waals surface area contributed by atoms with Crippen LogP contribution in [-0.2, 0) is 0 Å². The Hall–Kier alpha value is -0.870. The molecule has 1 amide bonds. The fourth-order valence-electron chi connectivity index (χ4n) is 1.74. The number of nitrogens with zero attached hydrogens (tertiary/aromatic N) is 1. The zero-order valence-electron chi connectivity index (χ0n) is 12.5. The van der Waals surface area contributed by atoms with E-state index in [1.165, 1.54) is 0 Å². The number of amides is 1. The first-order chi connectivity index (χ1) is 11.8. The summed E-state index contributed by atoms with van der Waals surface area (Å²) in [6, 6.07) is 12.3. The summed E-state index contributed by atoms with van der Waals surface area (Å²) in [6.07, 6.45) is 0.559. The zero-order valence-corrected chi connectivity index (χ0v) is 17.7. The van der Waals surface area contributed by atoms with Crippen LogP contribution in [-0.4, -0.2) is 26.0 Å². The first kappa shape index (κ1) is 20.4. The number of benzene rings is 1. The number of pyridine rings is 1. The van der Waals surface area contributed by atoms with Crippen LogP contribution in [0.3, 0.4) is 0 Å². The van der Waals surface area contributed by atoms with Gasteiger partial charge in [0, 0.05) is 15.3 Å². The van der Waals surface area contributed by atoms with Crippen molar-refractivity contribution < 1.29 is 4.79 Å². The molecule has 5 nitrogen and oxygen atoms in total. The molecule has 25 heavy (non-hydrogen) atoms. The Bertz CT molecular complexity index is 741. The molecule has 132 valence electrons. The van der Waals surface area contributed by atoms with Crippen LogP contribution in [0.15, 0.2) is 48.7 Å². The maximum atomic E-state index is 12.3. The van der Waals surface area contributed by atoms with Gasteiger partial charge in [-0.25, -0.2) is 4.98 Å². The molecule has 2 rings (SSSR count). The van der Waals surface area contributed by atoms with E-state index in [0.717, 1.165) is 3.57 Å². The van der Waals surface area contributed by atoms with Gasteiger partial charge in [0.15, 0.2) is 5.11 Å². The largest absolute Gasteiger partial charge is 0.339 e. The first-order valence-electron chi connectivity index (χ1n) is 6.87. The number of hydrogen-bond donors (Lipinski definition) is 3. The van der Waals surface area contributed by atoms with E-state index in [0.29, 0.717) is 11.4 Å². The number of carbonyl (C=O) groups is 1. The van der Waals surface area contributed by atoms with Crippen LogP contribution in [0, 0.1) is 3.57 Å². The molecule has 2 aromatic rings. The average molecular weight is 530 g/mol. The van der Waals surface area contributed by atoms with E-state index in [1.807, 2.05) is 0 Å². The molecule has 0 radical (unpaired) electrons. The van der Waals surface area contributed by atoms with Crippen LogP contribution in [0.4, 0.5) is 5.82 Å². The summed E-state index contributed by atoms with van der Waals surface area (Å²) < 4.78 is -0.819. The lowest BCUT2D eigenvalue weighted by atomic mass is 10.2. The van der Waals surface area contributed by atoms with Gasteiger partial charge in [0.2, 0.25) is 3.79 Å². The van der Waals surface area contributed by atoms with E-state index in [9.17, 15) is 4.79 Å². The van der Waals surface area contributed by atoms with E-state index in [-0.39, 0.29) is 5.11 Å². The van der Waals surface area contributed by atoms with Crippen molar-refractivity contribution in [3.63, 3.8) is 0 Å². The predicted molar refractivity (Wildman–Crippen MR) is 114 cm³/mol. The third-order valence-electron chi connectivity index (χ3n) is 2.89. The smallest absolute Gasteiger partial charge is 0.252 e.